The van der Waals surface area contributed by atoms with E-state index in [2.05, 4.69) is 19.2 Å². The molecule has 0 bridgehead atoms. The van der Waals surface area contributed by atoms with Crippen LogP contribution in [-0.4, -0.2) is 16.6 Å². The lowest BCUT2D eigenvalue weighted by molar-refractivity contribution is 1.06. The topological polar surface area (TPSA) is 45.8 Å². The molecule has 3 nitrogen and oxygen atoms in total. The summed E-state index contributed by atoms with van der Waals surface area (Å²) in [5.41, 5.74) is 2.99. The Morgan fingerprint density at radius 3 is 2.31 bits per heavy atom. The molecule has 1 N–H and O–H groups in total. The summed E-state index contributed by atoms with van der Waals surface area (Å²) in [5.74, 6) is 0.658. The van der Waals surface area contributed by atoms with Gasteiger partial charge in [-0.2, -0.15) is 0 Å². The minimum absolute atomic E-state index is 0.0596. The van der Waals surface area contributed by atoms with Crippen LogP contribution in [0.25, 0.3) is 10.9 Å². The van der Waals surface area contributed by atoms with Crippen molar-refractivity contribution in [1.29, 1.82) is 0 Å². The van der Waals surface area contributed by atoms with Crippen LogP contribution in [0.4, 0.5) is 0 Å². The van der Waals surface area contributed by atoms with E-state index in [0.29, 0.717) is 11.2 Å². The maximum Gasteiger partial charge on any atom is 0.258 e. The number of nitrogens with zero attached hydrogens (tertiary/aromatic N) is 1. The molecule has 1 aromatic heterocycles. The summed E-state index contributed by atoms with van der Waals surface area (Å²) in [7, 11) is 2.42. The van der Waals surface area contributed by atoms with Crippen molar-refractivity contribution in [3.63, 3.8) is 0 Å². The van der Waals surface area contributed by atoms with Gasteiger partial charge < -0.3 is 4.98 Å². The average molecular weight is 236 g/mol. The zero-order valence-electron chi connectivity index (χ0n) is 10.1. The van der Waals surface area contributed by atoms with Crippen LogP contribution in [0, 0.1) is 20.8 Å². The molecule has 1 unspecified atom stereocenters. The first-order chi connectivity index (χ1) is 7.58. The fourth-order valence-corrected chi connectivity index (χ4v) is 1.52. The maximum absolute atomic E-state index is 11.6. The Kier molecular flexibility index (Phi) is 4.19. The Hall–Kier alpha value is -1.21. The van der Waals surface area contributed by atoms with Crippen LogP contribution in [0.5, 0.6) is 0 Å². The van der Waals surface area contributed by atoms with Crippen LogP contribution >= 0.6 is 9.24 Å². The quantitative estimate of drug-likeness (QED) is 0.713. The molecule has 0 spiro atoms. The molecule has 1 aromatic carbocycles. The second-order valence-electron chi connectivity index (χ2n) is 3.60. The number of aryl methyl sites for hydroxylation is 3. The van der Waals surface area contributed by atoms with Gasteiger partial charge in [0.25, 0.3) is 5.56 Å². The first kappa shape index (κ1) is 12.9. The van der Waals surface area contributed by atoms with Crippen molar-refractivity contribution in [3.8, 4) is 0 Å². The third-order valence-electron chi connectivity index (χ3n) is 2.44. The molecule has 0 radical (unpaired) electrons. The van der Waals surface area contributed by atoms with Crippen molar-refractivity contribution >= 4 is 20.1 Å². The zero-order chi connectivity index (χ0) is 12.3. The first-order valence-electron chi connectivity index (χ1n) is 5.13. The smallest absolute Gasteiger partial charge is 0.258 e. The average Bonchev–Trinajstić information content (AvgIpc) is 2.24. The molecule has 2 aromatic rings. The lowest BCUT2D eigenvalue weighted by atomic mass is 10.1. The number of benzene rings is 1. The minimum Gasteiger partial charge on any atom is -0.310 e. The van der Waals surface area contributed by atoms with Crippen LogP contribution in [0.2, 0.25) is 0 Å². The van der Waals surface area contributed by atoms with E-state index >= 15 is 0 Å². The molecule has 0 aliphatic heterocycles. The summed E-state index contributed by atoms with van der Waals surface area (Å²) in [6, 6.07) is 3.84. The first-order valence-corrected chi connectivity index (χ1v) is 6.29. The minimum atomic E-state index is -0.0596. The molecular weight excluding hydrogens is 219 g/mol. The molecule has 0 amide bonds. The van der Waals surface area contributed by atoms with E-state index in [1.165, 1.54) is 0 Å². The van der Waals surface area contributed by atoms with E-state index in [0.717, 1.165) is 16.6 Å². The molecule has 4 heteroatoms. The number of rotatable bonds is 0. The van der Waals surface area contributed by atoms with Crippen molar-refractivity contribution in [2.45, 2.75) is 20.8 Å². The van der Waals surface area contributed by atoms with E-state index in [9.17, 15) is 4.79 Å². The summed E-state index contributed by atoms with van der Waals surface area (Å²) in [4.78, 5) is 18.5. The Balaban J connectivity index is 0.000000606. The summed E-state index contributed by atoms with van der Waals surface area (Å²) >= 11 is 0. The number of H-pyrrole nitrogens is 1. The van der Waals surface area contributed by atoms with Crippen molar-refractivity contribution in [2.24, 2.45) is 0 Å². The van der Waals surface area contributed by atoms with Gasteiger partial charge in [0.15, 0.2) is 0 Å². The largest absolute Gasteiger partial charge is 0.310 e. The monoisotopic (exact) mass is 236 g/mol. The van der Waals surface area contributed by atoms with Gasteiger partial charge in [-0.15, -0.1) is 9.24 Å². The molecule has 0 fully saturated rings. The van der Waals surface area contributed by atoms with E-state index < -0.39 is 0 Å². The van der Waals surface area contributed by atoms with Crippen LogP contribution in [-0.2, 0) is 0 Å². The third-order valence-corrected chi connectivity index (χ3v) is 2.44. The van der Waals surface area contributed by atoms with Gasteiger partial charge in [-0.05, 0) is 44.0 Å². The normalized spacial score (nSPS) is 9.81. The van der Waals surface area contributed by atoms with E-state index in [4.69, 9.17) is 0 Å². The molecule has 0 saturated carbocycles. The highest BCUT2D eigenvalue weighted by Gasteiger charge is 2.03. The zero-order valence-corrected chi connectivity index (χ0v) is 11.2. The second-order valence-corrected chi connectivity index (χ2v) is 3.60. The fraction of sp³-hybridized carbons (Fsp3) is 0.333. The van der Waals surface area contributed by atoms with Gasteiger partial charge in [-0.3, -0.25) is 4.79 Å². The van der Waals surface area contributed by atoms with Gasteiger partial charge >= 0.3 is 0 Å². The summed E-state index contributed by atoms with van der Waals surface area (Å²) in [6.45, 7) is 7.72. The van der Waals surface area contributed by atoms with Crippen LogP contribution < -0.4 is 5.56 Å². The summed E-state index contributed by atoms with van der Waals surface area (Å²) in [5, 5.41) is 0.665. The number of aromatic nitrogens is 2. The highest BCUT2D eigenvalue weighted by Crippen LogP contribution is 2.13. The summed E-state index contributed by atoms with van der Waals surface area (Å²) in [6.07, 6.45) is 0. The maximum atomic E-state index is 11.6. The van der Waals surface area contributed by atoms with E-state index in [1.54, 1.807) is 6.92 Å². The Labute approximate surface area is 97.5 Å². The SMILES string of the molecule is CP.Cc1nc2cc(C)c(C)cc2c(=O)[nH]1. The van der Waals surface area contributed by atoms with Crippen molar-refractivity contribution in [2.75, 3.05) is 6.66 Å². The molecule has 0 aliphatic rings. The van der Waals surface area contributed by atoms with Crippen molar-refractivity contribution < 1.29 is 0 Å². The molecule has 1 heterocycles. The number of hydrogen-bond acceptors (Lipinski definition) is 2. The molecule has 2 rings (SSSR count). The second kappa shape index (κ2) is 5.22. The van der Waals surface area contributed by atoms with Crippen molar-refractivity contribution in [3.05, 3.63) is 39.4 Å². The van der Waals surface area contributed by atoms with Gasteiger partial charge in [0, 0.05) is 0 Å². The summed E-state index contributed by atoms with van der Waals surface area (Å²) < 4.78 is 0. The lowest BCUT2D eigenvalue weighted by Gasteiger charge is -2.02. The molecular formula is C12H17N2OP. The predicted octanol–water partition coefficient (Wildman–Crippen LogP) is 2.34. The van der Waals surface area contributed by atoms with Crippen LogP contribution in [0.1, 0.15) is 17.0 Å². The van der Waals surface area contributed by atoms with Gasteiger partial charge in [-0.1, -0.05) is 6.66 Å². The van der Waals surface area contributed by atoms with Crippen LogP contribution in [0.3, 0.4) is 0 Å². The number of hydrogen-bond donors (Lipinski definition) is 1. The molecule has 16 heavy (non-hydrogen) atoms. The standard InChI is InChI=1S/C11H12N2O.CH5P/c1-6-4-9-10(5-7(6)2)12-8(3)13-11(9)14;1-2/h4-5H,1-3H3,(H,12,13,14);2H2,1H3. The van der Waals surface area contributed by atoms with Gasteiger partial charge in [0.05, 0.1) is 10.9 Å². The number of nitrogens with one attached hydrogen (secondary N) is 1. The predicted molar refractivity (Wildman–Crippen MR) is 72.2 cm³/mol. The van der Waals surface area contributed by atoms with Gasteiger partial charge in [0.2, 0.25) is 0 Å². The van der Waals surface area contributed by atoms with E-state index in [-0.39, 0.29) is 5.56 Å². The molecule has 86 valence electrons. The molecule has 0 aliphatic carbocycles. The Morgan fingerprint density at radius 2 is 1.69 bits per heavy atom. The van der Waals surface area contributed by atoms with E-state index in [1.807, 2.05) is 32.6 Å². The number of aromatic amines is 1. The highest BCUT2D eigenvalue weighted by molar-refractivity contribution is 7.15. The highest BCUT2D eigenvalue weighted by atomic mass is 31.0. The lowest BCUT2D eigenvalue weighted by Crippen LogP contribution is -2.10. The van der Waals surface area contributed by atoms with Crippen LogP contribution in [0.15, 0.2) is 16.9 Å². The third kappa shape index (κ3) is 2.48. The van der Waals surface area contributed by atoms with Gasteiger partial charge in [-0.25, -0.2) is 4.98 Å². The van der Waals surface area contributed by atoms with Crippen molar-refractivity contribution in [1.82, 2.24) is 9.97 Å². The fourth-order valence-electron chi connectivity index (χ4n) is 1.52. The molecule has 1 atom stereocenters. The Bertz CT molecular complexity index is 561. The number of fused-ring (bicyclic) bond motifs is 1. The molecule has 0 saturated heterocycles. The van der Waals surface area contributed by atoms with Gasteiger partial charge in [0.1, 0.15) is 5.82 Å². The Morgan fingerprint density at radius 1 is 1.12 bits per heavy atom.